The molecule has 0 spiro atoms. The number of aromatic amines is 1. The zero-order chi connectivity index (χ0) is 17.8. The quantitative estimate of drug-likeness (QED) is 0.593. The van der Waals surface area contributed by atoms with Crippen LogP contribution in [0.5, 0.6) is 0 Å². The first kappa shape index (κ1) is 15.5. The van der Waals surface area contributed by atoms with Crippen LogP contribution in [0.2, 0.25) is 0 Å². The Morgan fingerprint density at radius 3 is 2.80 bits per heavy atom. The number of H-pyrrole nitrogens is 1. The van der Waals surface area contributed by atoms with Crippen LogP contribution in [-0.4, -0.2) is 39.6 Å². The van der Waals surface area contributed by atoms with Gasteiger partial charge in [0.2, 0.25) is 0 Å². The summed E-state index contributed by atoms with van der Waals surface area (Å²) in [4.78, 5) is 28.4. The van der Waals surface area contributed by atoms with E-state index in [2.05, 4.69) is 19.9 Å². The molecule has 4 heterocycles. The van der Waals surface area contributed by atoms with Crippen LogP contribution < -0.4 is 5.69 Å². The van der Waals surface area contributed by atoms with Crippen LogP contribution in [0.25, 0.3) is 28.3 Å². The highest BCUT2D eigenvalue weighted by Crippen LogP contribution is 2.24. The normalized spacial score (nSPS) is 13.6. The number of hydrogen-bond donors (Lipinski definition) is 2. The van der Waals surface area contributed by atoms with Crippen molar-refractivity contribution in [1.82, 2.24) is 28.9 Å². The minimum Gasteiger partial charge on any atom is -0.388 e. The van der Waals surface area contributed by atoms with E-state index in [0.29, 0.717) is 17.0 Å². The minimum absolute atomic E-state index is 0.325. The molecule has 4 aromatic heterocycles. The molecule has 25 heavy (non-hydrogen) atoms. The van der Waals surface area contributed by atoms with Gasteiger partial charge in [-0.3, -0.25) is 8.97 Å². The highest BCUT2D eigenvalue weighted by Gasteiger charge is 2.28. The molecule has 0 saturated carbocycles. The number of hydrogen-bond acceptors (Lipinski definition) is 5. The second-order valence-electron chi connectivity index (χ2n) is 6.63. The van der Waals surface area contributed by atoms with Crippen LogP contribution in [0.3, 0.4) is 0 Å². The monoisotopic (exact) mass is 338 g/mol. The average molecular weight is 338 g/mol. The summed E-state index contributed by atoms with van der Waals surface area (Å²) in [5, 5.41) is 10.3. The maximum absolute atomic E-state index is 12.3. The van der Waals surface area contributed by atoms with Crippen LogP contribution in [0.15, 0.2) is 41.6 Å². The lowest BCUT2D eigenvalue weighted by molar-refractivity contribution is 0.0306. The summed E-state index contributed by atoms with van der Waals surface area (Å²) in [5.74, 6) is 0.460. The molecule has 8 heteroatoms. The maximum Gasteiger partial charge on any atom is 0.328 e. The second-order valence-corrected chi connectivity index (χ2v) is 6.63. The predicted molar refractivity (Wildman–Crippen MR) is 93.3 cm³/mol. The topological polar surface area (TPSA) is 101 Å². The summed E-state index contributed by atoms with van der Waals surface area (Å²) in [5.41, 5.74) is 1.10. The van der Waals surface area contributed by atoms with Gasteiger partial charge in [0, 0.05) is 6.20 Å². The Morgan fingerprint density at radius 1 is 1.24 bits per heavy atom. The lowest BCUT2D eigenvalue weighted by atomic mass is 10.0. The van der Waals surface area contributed by atoms with Crippen LogP contribution in [-0.2, 0) is 0 Å². The van der Waals surface area contributed by atoms with Gasteiger partial charge < -0.3 is 10.1 Å². The molecule has 0 amide bonds. The van der Waals surface area contributed by atoms with Gasteiger partial charge in [-0.05, 0) is 32.9 Å². The van der Waals surface area contributed by atoms with Gasteiger partial charge in [-0.2, -0.15) is 0 Å². The molecule has 2 N–H and O–H groups in total. The number of pyridine rings is 1. The van der Waals surface area contributed by atoms with Crippen LogP contribution in [0, 0.1) is 0 Å². The fraction of sp³-hybridized carbons (Fsp3) is 0.294. The van der Waals surface area contributed by atoms with Crippen molar-refractivity contribution in [3.63, 3.8) is 0 Å². The third-order valence-electron chi connectivity index (χ3n) is 4.51. The number of fused-ring (bicyclic) bond motifs is 2. The lowest BCUT2D eigenvalue weighted by Gasteiger charge is -2.26. The highest BCUT2D eigenvalue weighted by atomic mass is 16.3. The van der Waals surface area contributed by atoms with E-state index in [1.54, 1.807) is 33.2 Å². The first-order chi connectivity index (χ1) is 11.9. The summed E-state index contributed by atoms with van der Waals surface area (Å²) >= 11 is 0. The summed E-state index contributed by atoms with van der Waals surface area (Å²) in [6.07, 6.45) is 5.16. The standard InChI is InChI=1S/C17H18N6O2/c1-10(17(2,3)25)23-15-11(20-16(23)24)8-19-14(21-15)12-9-18-13-6-4-5-7-22(12)13/h4-10,25H,1-3H3,(H,20,24)/t10-/m1/s1. The van der Waals surface area contributed by atoms with Gasteiger partial charge in [-0.25, -0.2) is 19.7 Å². The average Bonchev–Trinajstić information content (AvgIpc) is 3.12. The van der Waals surface area contributed by atoms with E-state index in [9.17, 15) is 9.90 Å². The largest absolute Gasteiger partial charge is 0.388 e. The fourth-order valence-electron chi connectivity index (χ4n) is 2.81. The number of nitrogens with zero attached hydrogens (tertiary/aromatic N) is 5. The molecule has 4 rings (SSSR count). The number of nitrogens with one attached hydrogen (secondary N) is 1. The van der Waals surface area contributed by atoms with Crippen LogP contribution in [0.4, 0.5) is 0 Å². The lowest BCUT2D eigenvalue weighted by Crippen LogP contribution is -2.36. The number of aromatic nitrogens is 6. The number of imidazole rings is 2. The molecule has 0 fully saturated rings. The maximum atomic E-state index is 12.3. The molecule has 4 aromatic rings. The van der Waals surface area contributed by atoms with Crippen molar-refractivity contribution in [2.45, 2.75) is 32.4 Å². The van der Waals surface area contributed by atoms with Gasteiger partial charge in [-0.15, -0.1) is 0 Å². The number of aliphatic hydroxyl groups is 1. The second kappa shape index (κ2) is 5.25. The Bertz CT molecular complexity index is 1130. The van der Waals surface area contributed by atoms with E-state index < -0.39 is 11.6 Å². The Labute approximate surface area is 142 Å². The molecule has 0 bridgehead atoms. The van der Waals surface area contributed by atoms with E-state index in [1.165, 1.54) is 4.57 Å². The van der Waals surface area contributed by atoms with Gasteiger partial charge in [0.25, 0.3) is 0 Å². The molecule has 0 saturated heterocycles. The molecule has 128 valence electrons. The Hall–Kier alpha value is -3.00. The van der Waals surface area contributed by atoms with Gasteiger partial charge in [0.15, 0.2) is 11.5 Å². The van der Waals surface area contributed by atoms with E-state index in [4.69, 9.17) is 0 Å². The summed E-state index contributed by atoms with van der Waals surface area (Å²) in [6.45, 7) is 5.11. The third-order valence-corrected chi connectivity index (χ3v) is 4.51. The molecule has 1 atom stereocenters. The van der Waals surface area contributed by atoms with E-state index in [1.807, 2.05) is 28.8 Å². The summed E-state index contributed by atoms with van der Waals surface area (Å²) < 4.78 is 3.35. The zero-order valence-corrected chi connectivity index (χ0v) is 14.1. The van der Waals surface area contributed by atoms with Crippen molar-refractivity contribution >= 4 is 16.8 Å². The molecular formula is C17H18N6O2. The van der Waals surface area contributed by atoms with Gasteiger partial charge >= 0.3 is 5.69 Å². The molecule has 0 radical (unpaired) electrons. The Kier molecular flexibility index (Phi) is 3.26. The van der Waals surface area contributed by atoms with Crippen molar-refractivity contribution in [3.8, 4) is 11.5 Å². The first-order valence-electron chi connectivity index (χ1n) is 7.98. The number of rotatable bonds is 3. The summed E-state index contributed by atoms with van der Waals surface area (Å²) in [7, 11) is 0. The minimum atomic E-state index is -1.08. The van der Waals surface area contributed by atoms with Crippen molar-refractivity contribution in [1.29, 1.82) is 0 Å². The third kappa shape index (κ3) is 2.42. The molecular weight excluding hydrogens is 320 g/mol. The summed E-state index contributed by atoms with van der Waals surface area (Å²) in [6, 6.07) is 5.24. The fourth-order valence-corrected chi connectivity index (χ4v) is 2.81. The Balaban J connectivity index is 1.95. The molecule has 0 unspecified atom stereocenters. The van der Waals surface area contributed by atoms with E-state index in [0.717, 1.165) is 11.3 Å². The molecule has 0 aliphatic carbocycles. The molecule has 0 aromatic carbocycles. The smallest absolute Gasteiger partial charge is 0.328 e. The molecule has 8 nitrogen and oxygen atoms in total. The SMILES string of the molecule is C[C@@H](n1c(=O)[nH]c2cnc(-c3cnc4ccccn34)nc21)C(C)(C)O. The van der Waals surface area contributed by atoms with Crippen molar-refractivity contribution in [2.24, 2.45) is 0 Å². The Morgan fingerprint density at radius 2 is 2.04 bits per heavy atom. The zero-order valence-electron chi connectivity index (χ0n) is 14.1. The van der Waals surface area contributed by atoms with Crippen LogP contribution >= 0.6 is 0 Å². The molecule has 0 aliphatic heterocycles. The molecule has 0 aliphatic rings. The van der Waals surface area contributed by atoms with Gasteiger partial charge in [0.1, 0.15) is 16.9 Å². The van der Waals surface area contributed by atoms with Crippen LogP contribution in [0.1, 0.15) is 26.8 Å². The highest BCUT2D eigenvalue weighted by molar-refractivity contribution is 5.72. The van der Waals surface area contributed by atoms with Crippen molar-refractivity contribution in [2.75, 3.05) is 0 Å². The first-order valence-corrected chi connectivity index (χ1v) is 7.98. The van der Waals surface area contributed by atoms with Gasteiger partial charge in [0.05, 0.1) is 24.0 Å². The van der Waals surface area contributed by atoms with Crippen molar-refractivity contribution in [3.05, 3.63) is 47.3 Å². The van der Waals surface area contributed by atoms with Crippen molar-refractivity contribution < 1.29 is 5.11 Å². The predicted octanol–water partition coefficient (Wildman–Crippen LogP) is 1.77. The van der Waals surface area contributed by atoms with Gasteiger partial charge in [-0.1, -0.05) is 6.07 Å². The van der Waals surface area contributed by atoms with E-state index >= 15 is 0 Å². The van der Waals surface area contributed by atoms with E-state index in [-0.39, 0.29) is 5.69 Å².